The predicted octanol–water partition coefficient (Wildman–Crippen LogP) is -0.143. The highest BCUT2D eigenvalue weighted by Gasteiger charge is 2.26. The fourth-order valence-electron chi connectivity index (χ4n) is 2.12. The molecule has 1 rings (SSSR count). The largest absolute Gasteiger partial charge is 0.468 e. The van der Waals surface area contributed by atoms with Crippen molar-refractivity contribution in [2.45, 2.75) is 32.1 Å². The summed E-state index contributed by atoms with van der Waals surface area (Å²) in [5.41, 5.74) is 0. The van der Waals surface area contributed by atoms with E-state index in [1.54, 1.807) is 7.05 Å². The lowest BCUT2D eigenvalue weighted by atomic mass is 10.2. The highest BCUT2D eigenvalue weighted by Crippen LogP contribution is 2.10. The molecule has 16 heavy (non-hydrogen) atoms. The summed E-state index contributed by atoms with van der Waals surface area (Å²) in [5, 5.41) is 2.97. The Kier molecular flexibility index (Phi) is 5.18. The lowest BCUT2D eigenvalue weighted by Crippen LogP contribution is -2.52. The first-order valence-electron chi connectivity index (χ1n) is 5.69. The van der Waals surface area contributed by atoms with Gasteiger partial charge in [0.05, 0.1) is 19.3 Å². The highest BCUT2D eigenvalue weighted by molar-refractivity contribution is 5.75. The number of nitrogens with one attached hydrogen (secondary N) is 1. The van der Waals surface area contributed by atoms with Gasteiger partial charge >= 0.3 is 5.97 Å². The Balaban J connectivity index is 2.47. The Morgan fingerprint density at radius 2 is 2.06 bits per heavy atom. The number of carbonyl (C=O) groups excluding carboxylic acids is 1. The lowest BCUT2D eigenvalue weighted by molar-refractivity contribution is -0.144. The maximum Gasteiger partial charge on any atom is 0.324 e. The minimum atomic E-state index is -0.262. The first kappa shape index (κ1) is 13.4. The van der Waals surface area contributed by atoms with Gasteiger partial charge in [0.25, 0.3) is 0 Å². The van der Waals surface area contributed by atoms with Gasteiger partial charge in [0.2, 0.25) is 0 Å². The van der Waals surface area contributed by atoms with Gasteiger partial charge in [-0.2, -0.15) is 0 Å². The van der Waals surface area contributed by atoms with Crippen LogP contribution in [-0.2, 0) is 14.3 Å². The molecule has 1 N–H and O–H groups in total. The maximum absolute atomic E-state index is 11.4. The molecule has 94 valence electrons. The number of ether oxygens (including phenoxy) is 2. The topological polar surface area (TPSA) is 50.8 Å². The van der Waals surface area contributed by atoms with Crippen LogP contribution in [0, 0.1) is 0 Å². The summed E-state index contributed by atoms with van der Waals surface area (Å²) in [6.45, 7) is 6.49. The Morgan fingerprint density at radius 3 is 2.50 bits per heavy atom. The van der Waals surface area contributed by atoms with E-state index in [1.165, 1.54) is 7.11 Å². The van der Waals surface area contributed by atoms with E-state index in [0.29, 0.717) is 6.54 Å². The number of morpholine rings is 1. The van der Waals surface area contributed by atoms with Gasteiger partial charge in [-0.1, -0.05) is 0 Å². The van der Waals surface area contributed by atoms with Gasteiger partial charge in [-0.15, -0.1) is 0 Å². The third kappa shape index (κ3) is 3.73. The molecule has 0 radical (unpaired) electrons. The molecule has 5 heteroatoms. The van der Waals surface area contributed by atoms with E-state index in [1.807, 2.05) is 0 Å². The quantitative estimate of drug-likeness (QED) is 0.681. The van der Waals surface area contributed by atoms with E-state index in [4.69, 9.17) is 9.47 Å². The molecule has 0 amide bonds. The Labute approximate surface area is 97.1 Å². The normalized spacial score (nSPS) is 28.8. The van der Waals surface area contributed by atoms with E-state index < -0.39 is 0 Å². The summed E-state index contributed by atoms with van der Waals surface area (Å²) in [4.78, 5) is 13.7. The number of nitrogens with zero attached hydrogens (tertiary/aromatic N) is 1. The zero-order valence-corrected chi connectivity index (χ0v) is 10.5. The van der Waals surface area contributed by atoms with Crippen LogP contribution in [0.2, 0.25) is 0 Å². The standard InChI is InChI=1S/C11H22N2O3/c1-8-5-13(6-9(2)16-8)7-10(12-3)11(14)15-4/h8-10,12H,5-7H2,1-4H3/t8-,9+,10?. The molecule has 0 spiro atoms. The third-order valence-electron chi connectivity index (χ3n) is 2.77. The zero-order valence-electron chi connectivity index (χ0n) is 10.5. The fourth-order valence-corrected chi connectivity index (χ4v) is 2.12. The van der Waals surface area contributed by atoms with Crippen molar-refractivity contribution in [3.8, 4) is 0 Å². The van der Waals surface area contributed by atoms with Crippen LogP contribution in [0.4, 0.5) is 0 Å². The van der Waals surface area contributed by atoms with Crippen molar-refractivity contribution in [3.05, 3.63) is 0 Å². The van der Waals surface area contributed by atoms with Crippen LogP contribution in [0.5, 0.6) is 0 Å². The smallest absolute Gasteiger partial charge is 0.324 e. The Morgan fingerprint density at radius 1 is 1.50 bits per heavy atom. The van der Waals surface area contributed by atoms with Gasteiger partial charge in [-0.05, 0) is 20.9 Å². The van der Waals surface area contributed by atoms with Gasteiger partial charge in [0.1, 0.15) is 6.04 Å². The monoisotopic (exact) mass is 230 g/mol. The molecular formula is C11H22N2O3. The molecule has 0 bridgehead atoms. The number of esters is 1. The van der Waals surface area contributed by atoms with Crippen LogP contribution < -0.4 is 5.32 Å². The predicted molar refractivity (Wildman–Crippen MR) is 61.3 cm³/mol. The Hall–Kier alpha value is -0.650. The molecule has 1 unspecified atom stereocenters. The van der Waals surface area contributed by atoms with Gasteiger partial charge in [-0.3, -0.25) is 9.69 Å². The van der Waals surface area contributed by atoms with Crippen molar-refractivity contribution in [1.82, 2.24) is 10.2 Å². The number of hydrogen-bond donors (Lipinski definition) is 1. The Bertz CT molecular complexity index is 225. The second-order valence-electron chi connectivity index (χ2n) is 4.34. The van der Waals surface area contributed by atoms with Crippen molar-refractivity contribution in [1.29, 1.82) is 0 Å². The third-order valence-corrected chi connectivity index (χ3v) is 2.77. The second kappa shape index (κ2) is 6.18. The summed E-state index contributed by atoms with van der Waals surface area (Å²) in [5.74, 6) is -0.214. The van der Waals surface area contributed by atoms with Crippen LogP contribution in [0.25, 0.3) is 0 Å². The van der Waals surface area contributed by atoms with E-state index in [-0.39, 0.29) is 24.2 Å². The average Bonchev–Trinajstić information content (AvgIpc) is 2.23. The molecule has 1 saturated heterocycles. The first-order chi connectivity index (χ1) is 7.56. The average molecular weight is 230 g/mol. The van der Waals surface area contributed by atoms with E-state index in [9.17, 15) is 4.79 Å². The van der Waals surface area contributed by atoms with Crippen molar-refractivity contribution >= 4 is 5.97 Å². The van der Waals surface area contributed by atoms with E-state index in [0.717, 1.165) is 13.1 Å². The molecule has 1 aliphatic rings. The molecule has 5 nitrogen and oxygen atoms in total. The van der Waals surface area contributed by atoms with Crippen molar-refractivity contribution in [2.75, 3.05) is 33.8 Å². The second-order valence-corrected chi connectivity index (χ2v) is 4.34. The summed E-state index contributed by atoms with van der Waals surface area (Å²) in [6.07, 6.45) is 0.442. The number of methoxy groups -OCH3 is 1. The summed E-state index contributed by atoms with van der Waals surface area (Å²) in [6, 6.07) is -0.262. The number of rotatable bonds is 4. The van der Waals surface area contributed by atoms with Gasteiger partial charge in [0, 0.05) is 19.6 Å². The fraction of sp³-hybridized carbons (Fsp3) is 0.909. The van der Waals surface area contributed by atoms with Gasteiger partial charge in [0.15, 0.2) is 0 Å². The van der Waals surface area contributed by atoms with E-state index in [2.05, 4.69) is 24.1 Å². The molecule has 3 atom stereocenters. The number of likely N-dealkylation sites (N-methyl/N-ethyl adjacent to an activating group) is 1. The van der Waals surface area contributed by atoms with Crippen LogP contribution in [-0.4, -0.2) is 62.9 Å². The van der Waals surface area contributed by atoms with E-state index >= 15 is 0 Å². The van der Waals surface area contributed by atoms with Gasteiger partial charge < -0.3 is 14.8 Å². The lowest BCUT2D eigenvalue weighted by Gasteiger charge is -2.36. The maximum atomic E-state index is 11.4. The van der Waals surface area contributed by atoms with Crippen LogP contribution in [0.3, 0.4) is 0 Å². The molecule has 0 saturated carbocycles. The molecule has 1 heterocycles. The SMILES string of the molecule is CNC(CN1C[C@@H](C)O[C@@H](C)C1)C(=O)OC. The summed E-state index contributed by atoms with van der Waals surface area (Å²) < 4.78 is 10.4. The first-order valence-corrected chi connectivity index (χ1v) is 5.69. The van der Waals surface area contributed by atoms with Crippen molar-refractivity contribution in [2.24, 2.45) is 0 Å². The zero-order chi connectivity index (χ0) is 12.1. The molecule has 0 aliphatic carbocycles. The van der Waals surface area contributed by atoms with Crippen LogP contribution in [0.15, 0.2) is 0 Å². The van der Waals surface area contributed by atoms with Crippen molar-refractivity contribution < 1.29 is 14.3 Å². The minimum absolute atomic E-state index is 0.214. The van der Waals surface area contributed by atoms with Gasteiger partial charge in [-0.25, -0.2) is 0 Å². The molecule has 1 fully saturated rings. The van der Waals surface area contributed by atoms with Crippen molar-refractivity contribution in [3.63, 3.8) is 0 Å². The van der Waals surface area contributed by atoms with Crippen LogP contribution in [0.1, 0.15) is 13.8 Å². The molecule has 1 aliphatic heterocycles. The number of carbonyl (C=O) groups is 1. The summed E-state index contributed by atoms with van der Waals surface area (Å²) in [7, 11) is 3.19. The molecule has 0 aromatic rings. The molecule has 0 aromatic heterocycles. The minimum Gasteiger partial charge on any atom is -0.468 e. The molecular weight excluding hydrogens is 208 g/mol. The highest BCUT2D eigenvalue weighted by atomic mass is 16.5. The molecule has 0 aromatic carbocycles. The van der Waals surface area contributed by atoms with Crippen LogP contribution >= 0.6 is 0 Å². The summed E-state index contributed by atoms with van der Waals surface area (Å²) >= 11 is 0. The number of hydrogen-bond acceptors (Lipinski definition) is 5.